The van der Waals surface area contributed by atoms with Crippen LogP contribution in [-0.4, -0.2) is 17.5 Å². The maximum atomic E-state index is 15.3. The first kappa shape index (κ1) is 37.6. The molecule has 284 valence electrons. The molecule has 0 spiro atoms. The number of amides is 2. The van der Waals surface area contributed by atoms with Gasteiger partial charge in [0, 0.05) is 0 Å². The lowest BCUT2D eigenvalue weighted by Crippen LogP contribution is -2.62. The number of nitrogens with one attached hydrogen (secondary N) is 2. The highest BCUT2D eigenvalue weighted by atomic mass is 31.1. The smallest absolute Gasteiger partial charge is 0.254 e. The highest BCUT2D eigenvalue weighted by Crippen LogP contribution is 2.39. The Kier molecular flexibility index (Phi) is 11.0. The van der Waals surface area contributed by atoms with E-state index >= 15 is 9.59 Å². The average molecular weight is 791 g/mol. The number of carbonyl (C=O) groups excluding carboxylic acids is 2. The van der Waals surface area contributed by atoms with Crippen molar-refractivity contribution in [3.63, 3.8) is 0 Å². The molecule has 0 unspecified atom stereocenters. The molecule has 2 N–H and O–H groups in total. The van der Waals surface area contributed by atoms with E-state index in [9.17, 15) is 0 Å². The molecule has 1 saturated carbocycles. The molecule has 1 fully saturated rings. The van der Waals surface area contributed by atoms with E-state index in [0.29, 0.717) is 24.0 Å². The average Bonchev–Trinajstić information content (AvgIpc) is 3.28. The van der Waals surface area contributed by atoms with E-state index in [-0.39, 0.29) is 11.8 Å². The first-order chi connectivity index (χ1) is 28.6. The summed E-state index contributed by atoms with van der Waals surface area (Å²) in [6, 6.07) is 66.9. The van der Waals surface area contributed by atoms with Gasteiger partial charge in [0.05, 0.1) is 11.1 Å². The van der Waals surface area contributed by atoms with Crippen LogP contribution < -0.4 is 42.5 Å². The summed E-state index contributed by atoms with van der Waals surface area (Å²) in [5, 5.41) is 17.6. The van der Waals surface area contributed by atoms with Gasteiger partial charge in [0.2, 0.25) is 0 Å². The van der Waals surface area contributed by atoms with Crippen molar-refractivity contribution in [2.75, 3.05) is 0 Å². The summed E-state index contributed by atoms with van der Waals surface area (Å²) in [6.45, 7) is 0. The van der Waals surface area contributed by atoms with Gasteiger partial charge in [-0.2, -0.15) is 0 Å². The molecule has 1 aliphatic carbocycles. The van der Waals surface area contributed by atoms with Crippen LogP contribution in [0.2, 0.25) is 0 Å². The third-order valence-corrected chi connectivity index (χ3v) is 16.2. The Hall–Kier alpha value is -5.92. The van der Waals surface area contributed by atoms with Gasteiger partial charge < -0.3 is 10.6 Å². The van der Waals surface area contributed by atoms with Crippen molar-refractivity contribution in [2.45, 2.75) is 37.8 Å². The number of rotatable bonds is 10. The first-order valence-electron chi connectivity index (χ1n) is 20.1. The van der Waals surface area contributed by atoms with E-state index in [1.165, 1.54) is 21.2 Å². The van der Waals surface area contributed by atoms with E-state index in [4.69, 9.17) is 0 Å². The summed E-state index contributed by atoms with van der Waals surface area (Å²) in [7, 11) is -2.17. The Balaban J connectivity index is 1.16. The highest BCUT2D eigenvalue weighted by molar-refractivity contribution is 7.80. The molecule has 8 aromatic carbocycles. The molecule has 0 saturated heterocycles. The highest BCUT2D eigenvalue weighted by Gasteiger charge is 2.38. The van der Waals surface area contributed by atoms with Crippen molar-refractivity contribution in [2.24, 2.45) is 0 Å². The Morgan fingerprint density at radius 1 is 0.379 bits per heavy atom. The van der Waals surface area contributed by atoms with Gasteiger partial charge in [-0.15, -0.1) is 0 Å². The molecular weight excluding hydrogens is 747 g/mol. The maximum absolute atomic E-state index is 15.3. The van der Waals surface area contributed by atoms with Gasteiger partial charge in [0.15, 0.2) is 0 Å². The quantitative estimate of drug-likeness (QED) is 0.107. The summed E-state index contributed by atoms with van der Waals surface area (Å²) < 4.78 is 0. The van der Waals surface area contributed by atoms with Gasteiger partial charge in [-0.25, -0.2) is 0 Å². The van der Waals surface area contributed by atoms with E-state index < -0.39 is 21.5 Å². The predicted octanol–water partition coefficient (Wildman–Crippen LogP) is 9.33. The lowest BCUT2D eigenvalue weighted by Gasteiger charge is -2.39. The molecule has 0 heterocycles. The van der Waals surface area contributed by atoms with Crippen LogP contribution in [0.4, 0.5) is 0 Å². The predicted molar refractivity (Wildman–Crippen MR) is 246 cm³/mol. The number of hydrogen-bond acceptors (Lipinski definition) is 2. The molecule has 0 bridgehead atoms. The van der Waals surface area contributed by atoms with Crippen LogP contribution in [0, 0.1) is 0 Å². The minimum atomic E-state index is -1.09. The van der Waals surface area contributed by atoms with E-state index in [1.807, 2.05) is 48.5 Å². The van der Waals surface area contributed by atoms with Crippen LogP contribution in [0.1, 0.15) is 52.8 Å². The second-order valence-electron chi connectivity index (χ2n) is 14.9. The fraction of sp³-hybridized carbons (Fsp3) is 0.115. The lowest BCUT2D eigenvalue weighted by atomic mass is 9.87. The fourth-order valence-electron chi connectivity index (χ4n) is 8.53. The zero-order valence-electron chi connectivity index (χ0n) is 32.2. The van der Waals surface area contributed by atoms with E-state index in [2.05, 4.69) is 156 Å². The van der Waals surface area contributed by atoms with Gasteiger partial charge in [-0.1, -0.05) is 201 Å². The van der Waals surface area contributed by atoms with Gasteiger partial charge in [0.25, 0.3) is 11.8 Å². The third kappa shape index (κ3) is 7.59. The molecule has 0 aromatic heterocycles. The summed E-state index contributed by atoms with van der Waals surface area (Å²) in [5.74, 6) is -0.329. The van der Waals surface area contributed by atoms with Crippen LogP contribution in [0.15, 0.2) is 194 Å². The molecule has 0 aliphatic heterocycles. The molecule has 1 aliphatic rings. The fourth-order valence-corrected chi connectivity index (χ4v) is 13.5. The minimum absolute atomic E-state index is 0.165. The first-order valence-corrected chi connectivity index (χ1v) is 22.8. The number of hydrogen-bond donors (Lipinski definition) is 2. The second kappa shape index (κ2) is 16.9. The van der Waals surface area contributed by atoms with Gasteiger partial charge in [-0.05, 0) is 94.9 Å². The normalized spacial score (nSPS) is 13.8. The van der Waals surface area contributed by atoms with Crippen LogP contribution >= 0.6 is 15.8 Å². The second-order valence-corrected chi connectivity index (χ2v) is 19.3. The maximum Gasteiger partial charge on any atom is 0.254 e. The Bertz CT molecular complexity index is 2440. The van der Waals surface area contributed by atoms with Crippen molar-refractivity contribution in [3.05, 3.63) is 205 Å². The van der Waals surface area contributed by atoms with Crippen LogP contribution in [0.25, 0.3) is 21.5 Å². The Morgan fingerprint density at radius 2 is 0.707 bits per heavy atom. The Labute approximate surface area is 342 Å². The summed E-state index contributed by atoms with van der Waals surface area (Å²) >= 11 is 0. The van der Waals surface area contributed by atoms with Crippen LogP contribution in [-0.2, 0) is 0 Å². The standard InChI is InChI=1S/C52H44N2O2P2/c55-50(48-44-30-16-14-20-38(44)32-34-46(48)57(40-22-6-1-7-23-40)41-24-8-2-9-25-41)53-52(36-18-5-19-37-52)54-51(56)49-45-31-17-15-21-39(45)33-35-47(49)58(42-26-10-3-11-27-42)43-28-12-4-13-29-43/h1-4,6-17,20-35H,5,18-19,36-37H2,(H,53,55)(H,54,56). The van der Waals surface area contributed by atoms with E-state index in [1.54, 1.807) is 0 Å². The molecule has 8 aromatic rings. The lowest BCUT2D eigenvalue weighted by molar-refractivity contribution is 0.0748. The molecule has 0 atom stereocenters. The molecule has 6 heteroatoms. The molecule has 58 heavy (non-hydrogen) atoms. The van der Waals surface area contributed by atoms with E-state index in [0.717, 1.165) is 51.4 Å². The third-order valence-electron chi connectivity index (χ3n) is 11.2. The molecule has 9 rings (SSSR count). The monoisotopic (exact) mass is 790 g/mol. The van der Waals surface area contributed by atoms with Crippen molar-refractivity contribution < 1.29 is 9.59 Å². The molecule has 4 nitrogen and oxygen atoms in total. The number of carbonyl (C=O) groups is 2. The van der Waals surface area contributed by atoms with Crippen molar-refractivity contribution in [1.82, 2.24) is 10.6 Å². The van der Waals surface area contributed by atoms with Crippen molar-refractivity contribution >= 4 is 81.0 Å². The largest absolute Gasteiger partial charge is 0.329 e. The number of fused-ring (bicyclic) bond motifs is 2. The SMILES string of the molecule is O=C(NC1(NC(=O)c2c(P(c3ccccc3)c3ccccc3)ccc3ccccc23)CCCCC1)c1c(P(c2ccccc2)c2ccccc2)ccc2ccccc12. The summed E-state index contributed by atoms with van der Waals surface area (Å²) in [6.07, 6.45) is 4.12. The molecule has 2 amide bonds. The molecule has 0 radical (unpaired) electrons. The summed E-state index contributed by atoms with van der Waals surface area (Å²) in [4.78, 5) is 30.7. The van der Waals surface area contributed by atoms with Crippen molar-refractivity contribution in [3.8, 4) is 0 Å². The summed E-state index contributed by atoms with van der Waals surface area (Å²) in [5.41, 5.74) is 0.386. The van der Waals surface area contributed by atoms with Gasteiger partial charge in [-0.3, -0.25) is 9.59 Å². The van der Waals surface area contributed by atoms with Crippen LogP contribution in [0.3, 0.4) is 0 Å². The zero-order valence-corrected chi connectivity index (χ0v) is 34.0. The minimum Gasteiger partial charge on any atom is -0.329 e. The zero-order chi connectivity index (χ0) is 39.3. The van der Waals surface area contributed by atoms with Gasteiger partial charge >= 0.3 is 0 Å². The Morgan fingerprint density at radius 3 is 1.07 bits per heavy atom. The number of benzene rings is 8. The van der Waals surface area contributed by atoms with Crippen molar-refractivity contribution in [1.29, 1.82) is 0 Å². The topological polar surface area (TPSA) is 58.2 Å². The van der Waals surface area contributed by atoms with Crippen LogP contribution in [0.5, 0.6) is 0 Å². The molecular formula is C52H44N2O2P2. The van der Waals surface area contributed by atoms with Gasteiger partial charge in [0.1, 0.15) is 5.66 Å².